The van der Waals surface area contributed by atoms with Gasteiger partial charge in [0.15, 0.2) is 0 Å². The van der Waals surface area contributed by atoms with Crippen LogP contribution < -0.4 is 0 Å². The highest BCUT2D eigenvalue weighted by Gasteiger charge is 2.42. The van der Waals surface area contributed by atoms with Crippen LogP contribution in [0, 0.1) is 12.3 Å². The molecule has 1 aromatic rings. The van der Waals surface area contributed by atoms with Crippen molar-refractivity contribution in [1.29, 1.82) is 0 Å². The van der Waals surface area contributed by atoms with E-state index in [1.54, 1.807) is 21.7 Å². The van der Waals surface area contributed by atoms with E-state index in [0.717, 1.165) is 23.4 Å². The maximum atomic E-state index is 12.4. The van der Waals surface area contributed by atoms with Crippen LogP contribution in [0.15, 0.2) is 5.51 Å². The van der Waals surface area contributed by atoms with E-state index in [1.165, 1.54) is 0 Å². The normalized spacial score (nSPS) is 21.8. The minimum Gasteiger partial charge on any atom is -0.481 e. The second-order valence-corrected chi connectivity index (χ2v) is 7.05. The second kappa shape index (κ2) is 7.22. The van der Waals surface area contributed by atoms with E-state index in [9.17, 15) is 14.7 Å². The Morgan fingerprint density at radius 1 is 1.50 bits per heavy atom. The highest BCUT2D eigenvalue weighted by atomic mass is 32.1. The molecule has 22 heavy (non-hydrogen) atoms. The molecule has 1 aliphatic heterocycles. The highest BCUT2D eigenvalue weighted by molar-refractivity contribution is 7.09. The molecule has 0 saturated carbocycles. The van der Waals surface area contributed by atoms with Crippen molar-refractivity contribution in [2.24, 2.45) is 5.41 Å². The molecule has 1 saturated heterocycles. The van der Waals surface area contributed by atoms with Gasteiger partial charge in [-0.15, -0.1) is 11.3 Å². The van der Waals surface area contributed by atoms with Crippen LogP contribution in [-0.2, 0) is 16.0 Å². The fourth-order valence-electron chi connectivity index (χ4n) is 3.25. The number of aryl methyl sites for hydroxylation is 2. The Labute approximate surface area is 135 Å². The summed E-state index contributed by atoms with van der Waals surface area (Å²) in [5, 5.41) is 9.59. The average molecular weight is 324 g/mol. The van der Waals surface area contributed by atoms with Crippen LogP contribution in [0.4, 0.5) is 0 Å². The monoisotopic (exact) mass is 324 g/mol. The van der Waals surface area contributed by atoms with E-state index < -0.39 is 11.4 Å². The SMILES string of the molecule is CCCC1(C(=O)O)CCCN(C(=O)CCc2scnc2C)C1. The van der Waals surface area contributed by atoms with Gasteiger partial charge in [-0.1, -0.05) is 13.3 Å². The van der Waals surface area contributed by atoms with Gasteiger partial charge in [-0.2, -0.15) is 0 Å². The molecule has 0 radical (unpaired) electrons. The van der Waals surface area contributed by atoms with Gasteiger partial charge < -0.3 is 10.0 Å². The smallest absolute Gasteiger partial charge is 0.311 e. The lowest BCUT2D eigenvalue weighted by Gasteiger charge is -2.40. The Morgan fingerprint density at radius 2 is 2.27 bits per heavy atom. The Hall–Kier alpha value is -1.43. The third-order valence-corrected chi connectivity index (χ3v) is 5.52. The molecule has 0 aliphatic carbocycles. The first kappa shape index (κ1) is 16.9. The number of rotatable bonds is 6. The minimum absolute atomic E-state index is 0.0641. The fourth-order valence-corrected chi connectivity index (χ4v) is 4.03. The van der Waals surface area contributed by atoms with Crippen LogP contribution in [-0.4, -0.2) is 40.0 Å². The van der Waals surface area contributed by atoms with Crippen molar-refractivity contribution in [1.82, 2.24) is 9.88 Å². The molecule has 1 aromatic heterocycles. The molecule has 122 valence electrons. The topological polar surface area (TPSA) is 70.5 Å². The van der Waals surface area contributed by atoms with Gasteiger partial charge in [0.25, 0.3) is 0 Å². The molecule has 1 atom stereocenters. The van der Waals surface area contributed by atoms with Crippen LogP contribution in [0.2, 0.25) is 0 Å². The zero-order chi connectivity index (χ0) is 16.2. The van der Waals surface area contributed by atoms with E-state index in [-0.39, 0.29) is 5.91 Å². The van der Waals surface area contributed by atoms with Crippen molar-refractivity contribution < 1.29 is 14.7 Å². The molecular weight excluding hydrogens is 300 g/mol. The number of carboxylic acid groups (broad SMARTS) is 1. The molecule has 1 N–H and O–H groups in total. The summed E-state index contributed by atoms with van der Waals surface area (Å²) in [6.45, 7) is 4.99. The molecule has 0 aromatic carbocycles. The van der Waals surface area contributed by atoms with Crippen molar-refractivity contribution in [3.8, 4) is 0 Å². The van der Waals surface area contributed by atoms with Crippen LogP contribution in [0.3, 0.4) is 0 Å². The predicted molar refractivity (Wildman–Crippen MR) is 86.0 cm³/mol. The Balaban J connectivity index is 1.97. The number of amides is 1. The third kappa shape index (κ3) is 3.66. The standard InChI is InChI=1S/C16H24N2O3S/c1-3-7-16(15(20)21)8-4-9-18(10-16)14(19)6-5-13-12(2)17-11-22-13/h11H,3-10H2,1-2H3,(H,20,21). The number of nitrogens with zero attached hydrogens (tertiary/aromatic N) is 2. The van der Waals surface area contributed by atoms with Crippen LogP contribution in [0.1, 0.15) is 49.6 Å². The first-order valence-corrected chi connectivity index (χ1v) is 8.76. The van der Waals surface area contributed by atoms with Crippen molar-refractivity contribution >= 4 is 23.2 Å². The van der Waals surface area contributed by atoms with Crippen molar-refractivity contribution in [3.05, 3.63) is 16.1 Å². The Kier molecular flexibility index (Phi) is 5.56. The maximum absolute atomic E-state index is 12.4. The number of hydrogen-bond acceptors (Lipinski definition) is 4. The first-order chi connectivity index (χ1) is 10.5. The summed E-state index contributed by atoms with van der Waals surface area (Å²) in [5.74, 6) is -0.695. The van der Waals surface area contributed by atoms with Gasteiger partial charge in [-0.25, -0.2) is 4.98 Å². The molecular formula is C16H24N2O3S. The van der Waals surface area contributed by atoms with Gasteiger partial charge in [0.2, 0.25) is 5.91 Å². The van der Waals surface area contributed by atoms with Gasteiger partial charge in [0, 0.05) is 24.4 Å². The number of hydrogen-bond donors (Lipinski definition) is 1. The van der Waals surface area contributed by atoms with Crippen molar-refractivity contribution in [3.63, 3.8) is 0 Å². The minimum atomic E-state index is -0.759. The van der Waals surface area contributed by atoms with E-state index in [4.69, 9.17) is 0 Å². The number of carbonyl (C=O) groups is 2. The fraction of sp³-hybridized carbons (Fsp3) is 0.688. The molecule has 1 fully saturated rings. The molecule has 1 unspecified atom stereocenters. The lowest BCUT2D eigenvalue weighted by Crippen LogP contribution is -2.50. The summed E-state index contributed by atoms with van der Waals surface area (Å²) in [4.78, 5) is 31.2. The quantitative estimate of drug-likeness (QED) is 0.873. The van der Waals surface area contributed by atoms with E-state index in [2.05, 4.69) is 4.98 Å². The molecule has 6 heteroatoms. The summed E-state index contributed by atoms with van der Waals surface area (Å²) in [5.41, 5.74) is 2.04. The number of aromatic nitrogens is 1. The average Bonchev–Trinajstić information content (AvgIpc) is 2.90. The largest absolute Gasteiger partial charge is 0.481 e. The Bertz CT molecular complexity index is 539. The number of carbonyl (C=O) groups excluding carboxylic acids is 1. The number of piperidine rings is 1. The van der Waals surface area contributed by atoms with Crippen LogP contribution >= 0.6 is 11.3 Å². The second-order valence-electron chi connectivity index (χ2n) is 6.12. The summed E-state index contributed by atoms with van der Waals surface area (Å²) in [6, 6.07) is 0. The van der Waals surface area contributed by atoms with Gasteiger partial charge >= 0.3 is 5.97 Å². The molecule has 1 aliphatic rings. The number of carboxylic acids is 1. The molecule has 1 amide bonds. The third-order valence-electron chi connectivity index (χ3n) is 4.52. The molecule has 2 heterocycles. The molecule has 2 rings (SSSR count). The van der Waals surface area contributed by atoms with E-state index in [0.29, 0.717) is 38.8 Å². The predicted octanol–water partition coefficient (Wildman–Crippen LogP) is 2.88. The molecule has 0 bridgehead atoms. The zero-order valence-electron chi connectivity index (χ0n) is 13.3. The van der Waals surface area contributed by atoms with Crippen LogP contribution in [0.5, 0.6) is 0 Å². The first-order valence-electron chi connectivity index (χ1n) is 7.88. The van der Waals surface area contributed by atoms with Gasteiger partial charge in [-0.3, -0.25) is 9.59 Å². The van der Waals surface area contributed by atoms with E-state index >= 15 is 0 Å². The summed E-state index contributed by atoms with van der Waals surface area (Å²) in [6.07, 6.45) is 4.05. The summed E-state index contributed by atoms with van der Waals surface area (Å²) >= 11 is 1.58. The molecule has 0 spiro atoms. The number of likely N-dealkylation sites (tertiary alicyclic amines) is 1. The zero-order valence-corrected chi connectivity index (χ0v) is 14.1. The van der Waals surface area contributed by atoms with Crippen molar-refractivity contribution in [2.45, 2.75) is 52.4 Å². The highest BCUT2D eigenvalue weighted by Crippen LogP contribution is 2.35. The van der Waals surface area contributed by atoms with Gasteiger partial charge in [0.1, 0.15) is 0 Å². The van der Waals surface area contributed by atoms with Crippen LogP contribution in [0.25, 0.3) is 0 Å². The lowest BCUT2D eigenvalue weighted by atomic mass is 9.76. The lowest BCUT2D eigenvalue weighted by molar-refractivity contribution is -0.155. The van der Waals surface area contributed by atoms with Gasteiger partial charge in [-0.05, 0) is 32.6 Å². The van der Waals surface area contributed by atoms with Gasteiger partial charge in [0.05, 0.1) is 16.6 Å². The summed E-state index contributed by atoms with van der Waals surface area (Å²) < 4.78 is 0. The van der Waals surface area contributed by atoms with E-state index in [1.807, 2.05) is 13.8 Å². The number of aliphatic carboxylic acids is 1. The Morgan fingerprint density at radius 3 is 2.86 bits per heavy atom. The maximum Gasteiger partial charge on any atom is 0.311 e. The number of thiazole rings is 1. The summed E-state index contributed by atoms with van der Waals surface area (Å²) in [7, 11) is 0. The molecule has 5 nitrogen and oxygen atoms in total. The van der Waals surface area contributed by atoms with Crippen molar-refractivity contribution in [2.75, 3.05) is 13.1 Å².